The van der Waals surface area contributed by atoms with Gasteiger partial charge in [-0.2, -0.15) is 0 Å². The molecule has 0 radical (unpaired) electrons. The third-order valence-corrected chi connectivity index (χ3v) is 3.18. The van der Waals surface area contributed by atoms with Gasteiger partial charge in [0.25, 0.3) is 11.5 Å². The van der Waals surface area contributed by atoms with E-state index in [2.05, 4.69) is 0 Å². The predicted octanol–water partition coefficient (Wildman–Crippen LogP) is 0.801. The molecule has 0 saturated heterocycles. The minimum Gasteiger partial charge on any atom is -0.383 e. The lowest BCUT2D eigenvalue weighted by Crippen LogP contribution is -2.41. The van der Waals surface area contributed by atoms with E-state index in [1.54, 1.807) is 33.3 Å². The number of amides is 1. The quantitative estimate of drug-likeness (QED) is 0.796. The minimum atomic E-state index is -0.278. The van der Waals surface area contributed by atoms with Crippen LogP contribution in [0.25, 0.3) is 0 Å². The Morgan fingerprint density at radius 1 is 1.50 bits per heavy atom. The molecule has 0 saturated carbocycles. The highest BCUT2D eigenvalue weighted by Crippen LogP contribution is 2.04. The third kappa shape index (κ3) is 2.79. The molecule has 1 aromatic heterocycles. The van der Waals surface area contributed by atoms with Gasteiger partial charge >= 0.3 is 0 Å². The molecule has 0 bridgehead atoms. The molecular formula is C13H20N2O3. The first-order chi connectivity index (χ1) is 8.40. The second-order valence-electron chi connectivity index (χ2n) is 4.47. The number of nitrogens with zero attached hydrogens (tertiary/aromatic N) is 2. The zero-order chi connectivity index (χ0) is 13.9. The largest absolute Gasteiger partial charge is 0.383 e. The van der Waals surface area contributed by atoms with E-state index < -0.39 is 0 Å². The van der Waals surface area contributed by atoms with Crippen LogP contribution in [0.3, 0.4) is 0 Å². The number of hydrogen-bond donors (Lipinski definition) is 0. The molecule has 1 aromatic rings. The summed E-state index contributed by atoms with van der Waals surface area (Å²) in [4.78, 5) is 25.7. The number of pyridine rings is 1. The molecular weight excluding hydrogens is 232 g/mol. The summed E-state index contributed by atoms with van der Waals surface area (Å²) in [5.41, 5.74) is 0.745. The van der Waals surface area contributed by atoms with Crippen molar-refractivity contribution in [1.82, 2.24) is 9.47 Å². The van der Waals surface area contributed by atoms with E-state index in [-0.39, 0.29) is 23.1 Å². The van der Waals surface area contributed by atoms with E-state index in [0.29, 0.717) is 6.61 Å². The van der Waals surface area contributed by atoms with E-state index in [1.165, 1.54) is 9.47 Å². The van der Waals surface area contributed by atoms with Gasteiger partial charge in [0.15, 0.2) is 0 Å². The van der Waals surface area contributed by atoms with Crippen LogP contribution in [0.1, 0.15) is 23.0 Å². The normalized spacial score (nSPS) is 12.3. The number of hydrogen-bond acceptors (Lipinski definition) is 3. The summed E-state index contributed by atoms with van der Waals surface area (Å²) in [6, 6.07) is 3.27. The third-order valence-electron chi connectivity index (χ3n) is 3.18. The zero-order valence-corrected chi connectivity index (χ0v) is 11.6. The van der Waals surface area contributed by atoms with Crippen molar-refractivity contribution in [3.05, 3.63) is 33.7 Å². The Hall–Kier alpha value is -1.62. The number of carbonyl (C=O) groups excluding carboxylic acids is 1. The first-order valence-corrected chi connectivity index (χ1v) is 5.82. The van der Waals surface area contributed by atoms with E-state index in [4.69, 9.17) is 4.74 Å². The van der Waals surface area contributed by atoms with Crippen LogP contribution in [0, 0.1) is 6.92 Å². The van der Waals surface area contributed by atoms with Gasteiger partial charge in [-0.1, -0.05) is 0 Å². The SMILES string of the molecule is COCC(C)N(C)C(=O)c1ccc(C)n(C)c1=O. The van der Waals surface area contributed by atoms with E-state index >= 15 is 0 Å². The lowest BCUT2D eigenvalue weighted by Gasteiger charge is -2.24. The van der Waals surface area contributed by atoms with Crippen LogP contribution in [0.4, 0.5) is 0 Å². The summed E-state index contributed by atoms with van der Waals surface area (Å²) in [6.07, 6.45) is 0. The molecule has 18 heavy (non-hydrogen) atoms. The maximum absolute atomic E-state index is 12.2. The van der Waals surface area contributed by atoms with Crippen LogP contribution in [0.2, 0.25) is 0 Å². The molecule has 0 aliphatic carbocycles. The molecule has 0 N–H and O–H groups in total. The smallest absolute Gasteiger partial charge is 0.263 e. The van der Waals surface area contributed by atoms with Crippen LogP contribution in [-0.4, -0.2) is 42.2 Å². The second-order valence-corrected chi connectivity index (χ2v) is 4.47. The van der Waals surface area contributed by atoms with Gasteiger partial charge in [-0.3, -0.25) is 9.59 Å². The lowest BCUT2D eigenvalue weighted by molar-refractivity contribution is 0.0631. The molecule has 1 unspecified atom stereocenters. The van der Waals surface area contributed by atoms with Crippen molar-refractivity contribution < 1.29 is 9.53 Å². The fourth-order valence-corrected chi connectivity index (χ4v) is 1.63. The van der Waals surface area contributed by atoms with Crippen molar-refractivity contribution in [3.8, 4) is 0 Å². The number of carbonyl (C=O) groups is 1. The summed E-state index contributed by atoms with van der Waals surface area (Å²) in [5, 5.41) is 0. The van der Waals surface area contributed by atoms with Crippen LogP contribution in [0.5, 0.6) is 0 Å². The molecule has 1 rings (SSSR count). The van der Waals surface area contributed by atoms with Gasteiger partial charge in [0.2, 0.25) is 0 Å². The molecule has 0 aliphatic heterocycles. The molecule has 0 spiro atoms. The van der Waals surface area contributed by atoms with Crippen molar-refractivity contribution in [2.24, 2.45) is 7.05 Å². The molecule has 1 heterocycles. The van der Waals surface area contributed by atoms with Gasteiger partial charge in [0, 0.05) is 26.9 Å². The molecule has 5 heteroatoms. The van der Waals surface area contributed by atoms with Crippen LogP contribution < -0.4 is 5.56 Å². The predicted molar refractivity (Wildman–Crippen MR) is 69.9 cm³/mol. The average Bonchev–Trinajstić information content (AvgIpc) is 2.35. The average molecular weight is 252 g/mol. The van der Waals surface area contributed by atoms with Crippen molar-refractivity contribution >= 4 is 5.91 Å². The van der Waals surface area contributed by atoms with Crippen molar-refractivity contribution in [2.45, 2.75) is 19.9 Å². The fourth-order valence-electron chi connectivity index (χ4n) is 1.63. The van der Waals surface area contributed by atoms with Crippen LogP contribution >= 0.6 is 0 Å². The maximum Gasteiger partial charge on any atom is 0.263 e. The molecule has 0 aliphatic rings. The van der Waals surface area contributed by atoms with Crippen LogP contribution in [0.15, 0.2) is 16.9 Å². The number of likely N-dealkylation sites (N-methyl/N-ethyl adjacent to an activating group) is 1. The zero-order valence-electron chi connectivity index (χ0n) is 11.6. The number of aryl methyl sites for hydroxylation is 1. The van der Waals surface area contributed by atoms with Gasteiger partial charge < -0.3 is 14.2 Å². The topological polar surface area (TPSA) is 51.5 Å². The Morgan fingerprint density at radius 2 is 2.11 bits per heavy atom. The Bertz CT molecular complexity index is 493. The van der Waals surface area contributed by atoms with Gasteiger partial charge in [0.1, 0.15) is 5.56 Å². The van der Waals surface area contributed by atoms with Crippen molar-refractivity contribution in [2.75, 3.05) is 20.8 Å². The molecule has 0 aromatic carbocycles. The lowest BCUT2D eigenvalue weighted by atomic mass is 10.2. The van der Waals surface area contributed by atoms with E-state index in [0.717, 1.165) is 5.69 Å². The highest BCUT2D eigenvalue weighted by molar-refractivity contribution is 5.93. The standard InChI is InChI=1S/C13H20N2O3/c1-9-6-7-11(12(16)14(9)3)13(17)15(4)10(2)8-18-5/h6-7,10H,8H2,1-5H3. The first-order valence-electron chi connectivity index (χ1n) is 5.82. The number of rotatable bonds is 4. The Labute approximate surface area is 107 Å². The number of aromatic nitrogens is 1. The monoisotopic (exact) mass is 252 g/mol. The summed E-state index contributed by atoms with van der Waals surface area (Å²) < 4.78 is 6.48. The highest BCUT2D eigenvalue weighted by Gasteiger charge is 2.20. The Kier molecular flexibility index (Phi) is 4.67. The van der Waals surface area contributed by atoms with E-state index in [1.807, 2.05) is 13.8 Å². The minimum absolute atomic E-state index is 0.0755. The summed E-state index contributed by atoms with van der Waals surface area (Å²) in [7, 11) is 4.91. The highest BCUT2D eigenvalue weighted by atomic mass is 16.5. The van der Waals surface area contributed by atoms with Crippen molar-refractivity contribution in [1.29, 1.82) is 0 Å². The summed E-state index contributed by atoms with van der Waals surface area (Å²) in [5.74, 6) is -0.278. The Balaban J connectivity index is 3.05. The molecule has 1 atom stereocenters. The van der Waals surface area contributed by atoms with Gasteiger partial charge in [-0.15, -0.1) is 0 Å². The molecule has 100 valence electrons. The van der Waals surface area contributed by atoms with Crippen molar-refractivity contribution in [3.63, 3.8) is 0 Å². The molecule has 5 nitrogen and oxygen atoms in total. The van der Waals surface area contributed by atoms with E-state index in [9.17, 15) is 9.59 Å². The van der Waals surface area contributed by atoms with Gasteiger partial charge in [-0.05, 0) is 26.0 Å². The van der Waals surface area contributed by atoms with Crippen LogP contribution in [-0.2, 0) is 11.8 Å². The molecule has 0 fully saturated rings. The summed E-state index contributed by atoms with van der Waals surface area (Å²) >= 11 is 0. The maximum atomic E-state index is 12.2. The second kappa shape index (κ2) is 5.82. The fraction of sp³-hybridized carbons (Fsp3) is 0.538. The molecule has 1 amide bonds. The summed E-state index contributed by atoms with van der Waals surface area (Å²) in [6.45, 7) is 4.14. The van der Waals surface area contributed by atoms with Gasteiger partial charge in [0.05, 0.1) is 12.6 Å². The number of methoxy groups -OCH3 is 1. The van der Waals surface area contributed by atoms with Gasteiger partial charge in [-0.25, -0.2) is 0 Å². The number of ether oxygens (including phenoxy) is 1. The first kappa shape index (κ1) is 14.4. The Morgan fingerprint density at radius 3 is 2.67 bits per heavy atom.